The standard InChI is InChI=1S/C24H19N3O4/c28-22-16-8-4-5-9-18(16)26-24(27(22)14-15-6-2-1-3-7-15)17-12-20-21(31-11-10-30-20)13-19(17)25-23(24)29/h1-9,12-13,26H,10-11,14H2,(H,25,29)/t24-/m0/s1. The molecular formula is C24H19N3O4. The second-order valence-corrected chi connectivity index (χ2v) is 7.75. The number of carbonyl (C=O) groups is 2. The Balaban J connectivity index is 1.56. The van der Waals surface area contributed by atoms with Crippen molar-refractivity contribution in [1.82, 2.24) is 4.90 Å². The maximum Gasteiger partial charge on any atom is 0.276 e. The minimum Gasteiger partial charge on any atom is -0.486 e. The van der Waals surface area contributed by atoms with Crippen LogP contribution in [0.5, 0.6) is 11.5 Å². The molecule has 2 amide bonds. The van der Waals surface area contributed by atoms with Crippen molar-refractivity contribution in [2.75, 3.05) is 23.8 Å². The van der Waals surface area contributed by atoms with Crippen molar-refractivity contribution in [2.24, 2.45) is 0 Å². The molecule has 3 aliphatic rings. The van der Waals surface area contributed by atoms with Crippen LogP contribution in [0, 0.1) is 0 Å². The molecule has 7 heteroatoms. The fourth-order valence-electron chi connectivity index (χ4n) is 4.51. The summed E-state index contributed by atoms with van der Waals surface area (Å²) in [6.45, 7) is 1.15. The minimum atomic E-state index is -1.40. The molecule has 3 aliphatic heterocycles. The van der Waals surface area contributed by atoms with E-state index in [9.17, 15) is 9.59 Å². The molecule has 1 atom stereocenters. The third-order valence-corrected chi connectivity index (χ3v) is 5.96. The molecule has 3 aromatic carbocycles. The van der Waals surface area contributed by atoms with Gasteiger partial charge in [-0.05, 0) is 23.8 Å². The van der Waals surface area contributed by atoms with Gasteiger partial charge >= 0.3 is 0 Å². The van der Waals surface area contributed by atoms with Gasteiger partial charge < -0.3 is 20.1 Å². The molecule has 6 rings (SSSR count). The van der Waals surface area contributed by atoms with Gasteiger partial charge in [0.25, 0.3) is 11.8 Å². The Kier molecular flexibility index (Phi) is 3.74. The molecule has 0 unspecified atom stereocenters. The summed E-state index contributed by atoms with van der Waals surface area (Å²) in [5.41, 5.74) is 1.92. The highest BCUT2D eigenvalue weighted by molar-refractivity contribution is 6.14. The lowest BCUT2D eigenvalue weighted by atomic mass is 9.92. The maximum absolute atomic E-state index is 13.7. The second-order valence-electron chi connectivity index (χ2n) is 7.75. The van der Waals surface area contributed by atoms with E-state index in [0.717, 1.165) is 5.56 Å². The third-order valence-electron chi connectivity index (χ3n) is 5.96. The number of rotatable bonds is 2. The second kappa shape index (κ2) is 6.50. The van der Waals surface area contributed by atoms with E-state index in [1.54, 1.807) is 23.1 Å². The lowest BCUT2D eigenvalue weighted by Crippen LogP contribution is -2.60. The lowest BCUT2D eigenvalue weighted by Gasteiger charge is -2.44. The largest absolute Gasteiger partial charge is 0.486 e. The highest BCUT2D eigenvalue weighted by atomic mass is 16.6. The monoisotopic (exact) mass is 413 g/mol. The van der Waals surface area contributed by atoms with Crippen molar-refractivity contribution in [3.8, 4) is 11.5 Å². The lowest BCUT2D eigenvalue weighted by molar-refractivity contribution is -0.125. The normalized spacial score (nSPS) is 20.7. The fourth-order valence-corrected chi connectivity index (χ4v) is 4.51. The van der Waals surface area contributed by atoms with Crippen LogP contribution in [0.1, 0.15) is 21.5 Å². The summed E-state index contributed by atoms with van der Waals surface area (Å²) in [7, 11) is 0. The van der Waals surface area contributed by atoms with E-state index in [0.29, 0.717) is 47.2 Å². The molecule has 0 radical (unpaired) electrons. The predicted molar refractivity (Wildman–Crippen MR) is 114 cm³/mol. The average molecular weight is 413 g/mol. The highest BCUT2D eigenvalue weighted by Crippen LogP contribution is 2.49. The van der Waals surface area contributed by atoms with E-state index in [1.807, 2.05) is 48.5 Å². The first kappa shape index (κ1) is 17.8. The van der Waals surface area contributed by atoms with Gasteiger partial charge in [0.05, 0.1) is 11.3 Å². The van der Waals surface area contributed by atoms with Crippen LogP contribution in [-0.4, -0.2) is 29.9 Å². The number of ether oxygens (including phenoxy) is 2. The first-order valence-corrected chi connectivity index (χ1v) is 10.2. The zero-order valence-electron chi connectivity index (χ0n) is 16.6. The van der Waals surface area contributed by atoms with Crippen LogP contribution in [0.15, 0.2) is 66.7 Å². The van der Waals surface area contributed by atoms with Crippen LogP contribution in [0.2, 0.25) is 0 Å². The summed E-state index contributed by atoms with van der Waals surface area (Å²) in [5.74, 6) is 0.618. The molecular weight excluding hydrogens is 394 g/mol. The van der Waals surface area contributed by atoms with Crippen molar-refractivity contribution >= 4 is 23.2 Å². The topological polar surface area (TPSA) is 79.9 Å². The van der Waals surface area contributed by atoms with Gasteiger partial charge in [0.1, 0.15) is 13.2 Å². The summed E-state index contributed by atoms with van der Waals surface area (Å²) < 4.78 is 11.5. The Labute approximate surface area is 178 Å². The van der Waals surface area contributed by atoms with Crippen molar-refractivity contribution in [3.05, 3.63) is 83.4 Å². The first-order chi connectivity index (χ1) is 15.2. The molecule has 3 heterocycles. The SMILES string of the molecule is O=C1c2ccccc2N[C@]2(C(=O)Nc3cc4c(cc32)OCCO4)N1Cc1ccccc1. The molecule has 0 saturated heterocycles. The molecule has 0 fully saturated rings. The Morgan fingerprint density at radius 1 is 0.871 bits per heavy atom. The maximum atomic E-state index is 13.7. The highest BCUT2D eigenvalue weighted by Gasteiger charge is 2.56. The summed E-state index contributed by atoms with van der Waals surface area (Å²) >= 11 is 0. The number of carbonyl (C=O) groups excluding carboxylic acids is 2. The molecule has 3 aromatic rings. The number of para-hydroxylation sites is 1. The summed E-state index contributed by atoms with van der Waals surface area (Å²) in [6.07, 6.45) is 0. The molecule has 0 aromatic heterocycles. The summed E-state index contributed by atoms with van der Waals surface area (Å²) in [4.78, 5) is 28.8. The van der Waals surface area contributed by atoms with E-state index in [4.69, 9.17) is 9.47 Å². The zero-order chi connectivity index (χ0) is 21.0. The number of hydrogen-bond donors (Lipinski definition) is 2. The van der Waals surface area contributed by atoms with Gasteiger partial charge in [0.15, 0.2) is 11.5 Å². The van der Waals surface area contributed by atoms with E-state index in [1.165, 1.54) is 0 Å². The Hall–Kier alpha value is -4.00. The third kappa shape index (κ3) is 2.53. The average Bonchev–Trinajstić information content (AvgIpc) is 3.06. The number of benzene rings is 3. The van der Waals surface area contributed by atoms with E-state index in [-0.39, 0.29) is 18.4 Å². The zero-order valence-corrected chi connectivity index (χ0v) is 16.6. The van der Waals surface area contributed by atoms with Gasteiger partial charge in [-0.2, -0.15) is 0 Å². The Bertz CT molecular complexity index is 1230. The fraction of sp³-hybridized carbons (Fsp3) is 0.167. The van der Waals surface area contributed by atoms with Crippen LogP contribution in [0.25, 0.3) is 0 Å². The molecule has 154 valence electrons. The van der Waals surface area contributed by atoms with Crippen LogP contribution in [-0.2, 0) is 17.0 Å². The van der Waals surface area contributed by atoms with Crippen LogP contribution >= 0.6 is 0 Å². The van der Waals surface area contributed by atoms with Gasteiger partial charge in [-0.25, -0.2) is 0 Å². The Morgan fingerprint density at radius 2 is 1.58 bits per heavy atom. The molecule has 0 saturated carbocycles. The number of amides is 2. The van der Waals surface area contributed by atoms with Gasteiger partial charge in [-0.3, -0.25) is 14.5 Å². The van der Waals surface area contributed by atoms with Gasteiger partial charge in [0, 0.05) is 23.9 Å². The van der Waals surface area contributed by atoms with Crippen LogP contribution in [0.3, 0.4) is 0 Å². The molecule has 7 nitrogen and oxygen atoms in total. The van der Waals surface area contributed by atoms with Crippen molar-refractivity contribution in [3.63, 3.8) is 0 Å². The van der Waals surface area contributed by atoms with Gasteiger partial charge in [0.2, 0.25) is 5.66 Å². The number of nitrogens with one attached hydrogen (secondary N) is 2. The van der Waals surface area contributed by atoms with Crippen molar-refractivity contribution in [2.45, 2.75) is 12.2 Å². The minimum absolute atomic E-state index is 0.212. The molecule has 0 bridgehead atoms. The van der Waals surface area contributed by atoms with E-state index < -0.39 is 5.66 Å². The number of nitrogens with zero attached hydrogens (tertiary/aromatic N) is 1. The number of hydrogen-bond acceptors (Lipinski definition) is 5. The number of anilines is 2. The Morgan fingerprint density at radius 3 is 2.39 bits per heavy atom. The first-order valence-electron chi connectivity index (χ1n) is 10.2. The van der Waals surface area contributed by atoms with E-state index in [2.05, 4.69) is 10.6 Å². The smallest absolute Gasteiger partial charge is 0.276 e. The summed E-state index contributed by atoms with van der Waals surface area (Å²) in [6, 6.07) is 20.5. The van der Waals surface area contributed by atoms with Crippen LogP contribution in [0.4, 0.5) is 11.4 Å². The molecule has 31 heavy (non-hydrogen) atoms. The van der Waals surface area contributed by atoms with Crippen molar-refractivity contribution in [1.29, 1.82) is 0 Å². The number of fused-ring (bicyclic) bond motifs is 4. The molecule has 2 N–H and O–H groups in total. The van der Waals surface area contributed by atoms with Crippen molar-refractivity contribution < 1.29 is 19.1 Å². The van der Waals surface area contributed by atoms with Gasteiger partial charge in [-0.1, -0.05) is 42.5 Å². The molecule has 0 aliphatic carbocycles. The van der Waals surface area contributed by atoms with Crippen LogP contribution < -0.4 is 20.1 Å². The van der Waals surface area contributed by atoms with Gasteiger partial charge in [-0.15, -0.1) is 0 Å². The summed E-state index contributed by atoms with van der Waals surface area (Å²) in [5, 5.41) is 6.33. The quantitative estimate of drug-likeness (QED) is 0.674. The predicted octanol–water partition coefficient (Wildman–Crippen LogP) is 3.33. The molecule has 1 spiro atoms. The van der Waals surface area contributed by atoms with E-state index >= 15 is 0 Å².